The van der Waals surface area contributed by atoms with Gasteiger partial charge >= 0.3 is 11.9 Å². The van der Waals surface area contributed by atoms with Gasteiger partial charge in [-0.25, -0.2) is 4.79 Å². The molecule has 1 unspecified atom stereocenters. The average Bonchev–Trinajstić information content (AvgIpc) is 2.32. The molecular formula is C13H24N2O5. The second kappa shape index (κ2) is 9.30. The van der Waals surface area contributed by atoms with E-state index >= 15 is 0 Å². The Labute approximate surface area is 118 Å². The molecular weight excluding hydrogens is 264 g/mol. The van der Waals surface area contributed by atoms with Gasteiger partial charge in [-0.05, 0) is 31.2 Å². The van der Waals surface area contributed by atoms with Crippen LogP contribution in [-0.4, -0.2) is 40.6 Å². The molecule has 0 aliphatic carbocycles. The van der Waals surface area contributed by atoms with E-state index in [1.807, 2.05) is 13.8 Å². The van der Waals surface area contributed by atoms with Crippen LogP contribution in [0.15, 0.2) is 0 Å². The van der Waals surface area contributed by atoms with Crippen molar-refractivity contribution in [2.75, 3.05) is 6.54 Å². The summed E-state index contributed by atoms with van der Waals surface area (Å²) in [7, 11) is 0. The van der Waals surface area contributed by atoms with Gasteiger partial charge in [-0.2, -0.15) is 0 Å². The largest absolute Gasteiger partial charge is 0.481 e. The van der Waals surface area contributed by atoms with Crippen molar-refractivity contribution in [2.24, 2.45) is 17.6 Å². The van der Waals surface area contributed by atoms with Crippen LogP contribution in [-0.2, 0) is 14.4 Å². The first kappa shape index (κ1) is 18.4. The lowest BCUT2D eigenvalue weighted by molar-refractivity contribution is -0.143. The number of carbonyl (C=O) groups is 3. The third kappa shape index (κ3) is 8.47. The molecule has 0 fully saturated rings. The van der Waals surface area contributed by atoms with Crippen molar-refractivity contribution in [1.82, 2.24) is 5.32 Å². The molecule has 0 saturated heterocycles. The number of nitrogens with two attached hydrogens (primary N) is 1. The van der Waals surface area contributed by atoms with E-state index in [0.29, 0.717) is 12.5 Å². The molecule has 0 rings (SSSR count). The first-order valence-electron chi connectivity index (χ1n) is 6.70. The Morgan fingerprint density at radius 2 is 1.80 bits per heavy atom. The van der Waals surface area contributed by atoms with Crippen molar-refractivity contribution in [3.63, 3.8) is 0 Å². The number of carboxylic acid groups (broad SMARTS) is 2. The fourth-order valence-electron chi connectivity index (χ4n) is 1.97. The Morgan fingerprint density at radius 1 is 1.20 bits per heavy atom. The number of carboxylic acids is 2. The van der Waals surface area contributed by atoms with E-state index in [0.717, 1.165) is 6.42 Å². The minimum atomic E-state index is -1.23. The molecule has 116 valence electrons. The van der Waals surface area contributed by atoms with Crippen molar-refractivity contribution in [3.05, 3.63) is 0 Å². The molecule has 20 heavy (non-hydrogen) atoms. The highest BCUT2D eigenvalue weighted by Crippen LogP contribution is 2.14. The second-order valence-corrected chi connectivity index (χ2v) is 5.33. The first-order valence-corrected chi connectivity index (χ1v) is 6.70. The molecule has 0 bridgehead atoms. The van der Waals surface area contributed by atoms with Crippen LogP contribution in [0.4, 0.5) is 0 Å². The Hall–Kier alpha value is -1.63. The lowest BCUT2D eigenvalue weighted by Crippen LogP contribution is -2.42. The highest BCUT2D eigenvalue weighted by Gasteiger charge is 2.22. The topological polar surface area (TPSA) is 130 Å². The van der Waals surface area contributed by atoms with Crippen molar-refractivity contribution in [1.29, 1.82) is 0 Å². The third-order valence-corrected chi connectivity index (χ3v) is 2.89. The van der Waals surface area contributed by atoms with Gasteiger partial charge in [0.15, 0.2) is 0 Å². The predicted octanol–water partition coefficient (Wildman–Crippen LogP) is 0.432. The summed E-state index contributed by atoms with van der Waals surface area (Å²) < 4.78 is 0. The van der Waals surface area contributed by atoms with Gasteiger partial charge in [0.25, 0.3) is 0 Å². The summed E-state index contributed by atoms with van der Waals surface area (Å²) in [6.07, 6.45) is 0.514. The fourth-order valence-corrected chi connectivity index (χ4v) is 1.97. The molecule has 0 aliphatic heterocycles. The molecule has 7 heteroatoms. The maximum absolute atomic E-state index is 11.8. The minimum Gasteiger partial charge on any atom is -0.481 e. The smallest absolute Gasteiger partial charge is 0.326 e. The Bertz CT molecular complexity index is 344. The minimum absolute atomic E-state index is 0.00363. The standard InChI is InChI=1S/C13H24N2O5/c1-8(2)5-9(7-14)6-11(16)15-10(13(19)20)3-4-12(17)18/h8-10H,3-7,14H2,1-2H3,(H,15,16)(H,17,18)(H,19,20)/t9?,10-/m0/s1. The summed E-state index contributed by atoms with van der Waals surface area (Å²) in [6.45, 7) is 4.40. The van der Waals surface area contributed by atoms with Crippen LogP contribution in [0.3, 0.4) is 0 Å². The SMILES string of the molecule is CC(C)CC(CN)CC(=O)N[C@@H](CCC(=O)O)C(=O)O. The average molecular weight is 288 g/mol. The van der Waals surface area contributed by atoms with Crippen molar-refractivity contribution < 1.29 is 24.6 Å². The van der Waals surface area contributed by atoms with Crippen LogP contribution < -0.4 is 11.1 Å². The van der Waals surface area contributed by atoms with E-state index in [4.69, 9.17) is 15.9 Å². The number of hydrogen-bond acceptors (Lipinski definition) is 4. The van der Waals surface area contributed by atoms with Crippen LogP contribution in [0.5, 0.6) is 0 Å². The van der Waals surface area contributed by atoms with Gasteiger partial charge < -0.3 is 21.3 Å². The zero-order valence-electron chi connectivity index (χ0n) is 12.0. The number of nitrogens with one attached hydrogen (secondary N) is 1. The highest BCUT2D eigenvalue weighted by molar-refractivity contribution is 5.84. The van der Waals surface area contributed by atoms with E-state index < -0.39 is 23.9 Å². The second-order valence-electron chi connectivity index (χ2n) is 5.33. The van der Waals surface area contributed by atoms with Gasteiger partial charge in [-0.3, -0.25) is 9.59 Å². The zero-order chi connectivity index (χ0) is 15.7. The van der Waals surface area contributed by atoms with E-state index in [-0.39, 0.29) is 25.2 Å². The number of carbonyl (C=O) groups excluding carboxylic acids is 1. The van der Waals surface area contributed by atoms with Crippen molar-refractivity contribution in [3.8, 4) is 0 Å². The molecule has 1 amide bonds. The highest BCUT2D eigenvalue weighted by atomic mass is 16.4. The zero-order valence-corrected chi connectivity index (χ0v) is 12.0. The molecule has 0 aliphatic rings. The maximum atomic E-state index is 11.8. The lowest BCUT2D eigenvalue weighted by atomic mass is 9.94. The quantitative estimate of drug-likeness (QED) is 0.461. The molecule has 0 aromatic rings. The molecule has 0 saturated carbocycles. The maximum Gasteiger partial charge on any atom is 0.326 e. The molecule has 2 atom stereocenters. The number of amides is 1. The normalized spacial score (nSPS) is 13.8. The van der Waals surface area contributed by atoms with Crippen LogP contribution >= 0.6 is 0 Å². The molecule has 5 N–H and O–H groups in total. The van der Waals surface area contributed by atoms with Crippen LogP contribution in [0.25, 0.3) is 0 Å². The lowest BCUT2D eigenvalue weighted by Gasteiger charge is -2.19. The monoisotopic (exact) mass is 288 g/mol. The van der Waals surface area contributed by atoms with Gasteiger partial charge in [0.05, 0.1) is 0 Å². The summed E-state index contributed by atoms with van der Waals surface area (Å²) in [5.74, 6) is -2.32. The fraction of sp³-hybridized carbons (Fsp3) is 0.769. The molecule has 7 nitrogen and oxygen atoms in total. The van der Waals surface area contributed by atoms with E-state index in [1.54, 1.807) is 0 Å². The molecule has 0 radical (unpaired) electrons. The Balaban J connectivity index is 4.37. The van der Waals surface area contributed by atoms with Crippen molar-refractivity contribution in [2.45, 2.75) is 45.6 Å². The van der Waals surface area contributed by atoms with Crippen LogP contribution in [0.1, 0.15) is 39.5 Å². The Kier molecular flexibility index (Phi) is 8.54. The van der Waals surface area contributed by atoms with Crippen LogP contribution in [0.2, 0.25) is 0 Å². The summed E-state index contributed by atoms with van der Waals surface area (Å²) in [6, 6.07) is -1.17. The summed E-state index contributed by atoms with van der Waals surface area (Å²) in [5, 5.41) is 19.8. The predicted molar refractivity (Wildman–Crippen MR) is 73.1 cm³/mol. The van der Waals surface area contributed by atoms with Gasteiger partial charge in [0.1, 0.15) is 6.04 Å². The van der Waals surface area contributed by atoms with Gasteiger partial charge in [-0.1, -0.05) is 13.8 Å². The number of aliphatic carboxylic acids is 2. The number of rotatable bonds is 10. The summed E-state index contributed by atoms with van der Waals surface area (Å²) in [4.78, 5) is 33.2. The molecule has 0 aromatic heterocycles. The van der Waals surface area contributed by atoms with E-state index in [2.05, 4.69) is 5.32 Å². The molecule has 0 spiro atoms. The van der Waals surface area contributed by atoms with E-state index in [9.17, 15) is 14.4 Å². The third-order valence-electron chi connectivity index (χ3n) is 2.89. The van der Waals surface area contributed by atoms with Crippen LogP contribution in [0, 0.1) is 11.8 Å². The van der Waals surface area contributed by atoms with Gasteiger partial charge in [-0.15, -0.1) is 0 Å². The first-order chi connectivity index (χ1) is 9.26. The Morgan fingerprint density at radius 3 is 2.20 bits per heavy atom. The summed E-state index contributed by atoms with van der Waals surface area (Å²) in [5.41, 5.74) is 5.58. The number of hydrogen-bond donors (Lipinski definition) is 4. The van der Waals surface area contributed by atoms with E-state index in [1.165, 1.54) is 0 Å². The summed E-state index contributed by atoms with van der Waals surface area (Å²) >= 11 is 0. The molecule has 0 aromatic carbocycles. The molecule has 0 heterocycles. The van der Waals surface area contributed by atoms with Crippen molar-refractivity contribution >= 4 is 17.8 Å². The van der Waals surface area contributed by atoms with Gasteiger partial charge in [0, 0.05) is 12.8 Å². The van der Waals surface area contributed by atoms with Gasteiger partial charge in [0.2, 0.25) is 5.91 Å².